The van der Waals surface area contributed by atoms with Gasteiger partial charge in [-0.15, -0.1) is 11.3 Å². The second-order valence-corrected chi connectivity index (χ2v) is 5.06. The number of nitrogens with one attached hydrogen (secondary N) is 1. The predicted molar refractivity (Wildman–Crippen MR) is 73.0 cm³/mol. The first-order valence-electron chi connectivity index (χ1n) is 5.76. The van der Waals surface area contributed by atoms with E-state index in [0.29, 0.717) is 12.1 Å². The summed E-state index contributed by atoms with van der Waals surface area (Å²) in [4.78, 5) is 12.3. The smallest absolute Gasteiger partial charge is 0.336 e. The molecule has 2 N–H and O–H groups in total. The van der Waals surface area contributed by atoms with Gasteiger partial charge in [-0.25, -0.2) is 4.79 Å². The molecule has 1 aromatic carbocycles. The molecule has 3 nitrogen and oxygen atoms in total. The second kappa shape index (κ2) is 5.80. The van der Waals surface area contributed by atoms with Crippen LogP contribution in [-0.4, -0.2) is 11.1 Å². The molecule has 0 aliphatic heterocycles. The zero-order valence-electron chi connectivity index (χ0n) is 10.1. The highest BCUT2D eigenvalue weighted by molar-refractivity contribution is 7.10. The number of rotatable bonds is 5. The third-order valence-electron chi connectivity index (χ3n) is 2.82. The van der Waals surface area contributed by atoms with E-state index in [0.717, 1.165) is 5.56 Å². The fourth-order valence-electron chi connectivity index (χ4n) is 1.78. The van der Waals surface area contributed by atoms with Gasteiger partial charge in [-0.05, 0) is 30.0 Å². The highest BCUT2D eigenvalue weighted by Gasteiger charge is 2.10. The molecule has 94 valence electrons. The molecule has 0 radical (unpaired) electrons. The Balaban J connectivity index is 2.04. The summed E-state index contributed by atoms with van der Waals surface area (Å²) in [7, 11) is 0. The highest BCUT2D eigenvalue weighted by Crippen LogP contribution is 2.19. The fourth-order valence-corrected chi connectivity index (χ4v) is 2.54. The van der Waals surface area contributed by atoms with E-state index >= 15 is 0 Å². The van der Waals surface area contributed by atoms with Crippen molar-refractivity contribution in [1.82, 2.24) is 5.32 Å². The second-order valence-electron chi connectivity index (χ2n) is 4.08. The van der Waals surface area contributed by atoms with Crippen molar-refractivity contribution < 1.29 is 9.90 Å². The summed E-state index contributed by atoms with van der Waals surface area (Å²) in [5.41, 5.74) is 1.18. The van der Waals surface area contributed by atoms with Gasteiger partial charge >= 0.3 is 5.97 Å². The standard InChI is InChI=1S/C14H15NO2S/c1-10(13-7-4-8-18-13)15-9-11-5-2-3-6-12(11)14(16)17/h2-8,10,15H,9H2,1H3,(H,16,17)/t10-/m0/s1. The van der Waals surface area contributed by atoms with Crippen LogP contribution in [0.15, 0.2) is 41.8 Å². The quantitative estimate of drug-likeness (QED) is 0.868. The van der Waals surface area contributed by atoms with Crippen LogP contribution in [0.4, 0.5) is 0 Å². The van der Waals surface area contributed by atoms with Crippen molar-refractivity contribution in [2.75, 3.05) is 0 Å². The molecule has 1 atom stereocenters. The number of benzene rings is 1. The van der Waals surface area contributed by atoms with Crippen LogP contribution in [0.5, 0.6) is 0 Å². The lowest BCUT2D eigenvalue weighted by Crippen LogP contribution is -2.19. The molecule has 0 fully saturated rings. The fraction of sp³-hybridized carbons (Fsp3) is 0.214. The number of carboxylic acid groups (broad SMARTS) is 1. The van der Waals surface area contributed by atoms with Crippen molar-refractivity contribution in [3.63, 3.8) is 0 Å². The average Bonchev–Trinajstić information content (AvgIpc) is 2.90. The van der Waals surface area contributed by atoms with Crippen molar-refractivity contribution in [3.05, 3.63) is 57.8 Å². The van der Waals surface area contributed by atoms with Gasteiger partial charge in [0.15, 0.2) is 0 Å². The average molecular weight is 261 g/mol. The molecule has 0 amide bonds. The lowest BCUT2D eigenvalue weighted by Gasteiger charge is -2.13. The van der Waals surface area contributed by atoms with E-state index in [-0.39, 0.29) is 6.04 Å². The molecular weight excluding hydrogens is 246 g/mol. The van der Waals surface area contributed by atoms with Crippen LogP contribution >= 0.6 is 11.3 Å². The molecule has 2 rings (SSSR count). The van der Waals surface area contributed by atoms with Gasteiger partial charge in [-0.2, -0.15) is 0 Å². The highest BCUT2D eigenvalue weighted by atomic mass is 32.1. The lowest BCUT2D eigenvalue weighted by atomic mass is 10.1. The maximum Gasteiger partial charge on any atom is 0.336 e. The predicted octanol–water partition coefficient (Wildman–Crippen LogP) is 3.30. The number of hydrogen-bond donors (Lipinski definition) is 2. The van der Waals surface area contributed by atoms with E-state index in [2.05, 4.69) is 18.3 Å². The first-order valence-corrected chi connectivity index (χ1v) is 6.64. The molecular formula is C14H15NO2S. The van der Waals surface area contributed by atoms with E-state index in [1.807, 2.05) is 23.6 Å². The zero-order chi connectivity index (χ0) is 13.0. The largest absolute Gasteiger partial charge is 0.478 e. The van der Waals surface area contributed by atoms with E-state index in [1.54, 1.807) is 23.5 Å². The van der Waals surface area contributed by atoms with Crippen molar-refractivity contribution >= 4 is 17.3 Å². The Morgan fingerprint density at radius 2 is 2.11 bits per heavy atom. The van der Waals surface area contributed by atoms with Gasteiger partial charge in [0.05, 0.1) is 5.56 Å². The molecule has 18 heavy (non-hydrogen) atoms. The molecule has 0 bridgehead atoms. The van der Waals surface area contributed by atoms with Gasteiger partial charge < -0.3 is 10.4 Å². The summed E-state index contributed by atoms with van der Waals surface area (Å²) in [6.45, 7) is 2.64. The van der Waals surface area contributed by atoms with E-state index in [9.17, 15) is 4.79 Å². The van der Waals surface area contributed by atoms with Crippen LogP contribution < -0.4 is 5.32 Å². The van der Waals surface area contributed by atoms with Crippen LogP contribution in [-0.2, 0) is 6.54 Å². The summed E-state index contributed by atoms with van der Waals surface area (Å²) in [6.07, 6.45) is 0. The minimum Gasteiger partial charge on any atom is -0.478 e. The Morgan fingerprint density at radius 3 is 2.78 bits per heavy atom. The Kier molecular flexibility index (Phi) is 4.12. The summed E-state index contributed by atoms with van der Waals surface area (Å²) in [6, 6.07) is 11.4. The van der Waals surface area contributed by atoms with Gasteiger partial charge in [-0.1, -0.05) is 24.3 Å². The van der Waals surface area contributed by atoms with Crippen molar-refractivity contribution in [2.45, 2.75) is 19.5 Å². The molecule has 2 aromatic rings. The van der Waals surface area contributed by atoms with Crippen LogP contribution in [0, 0.1) is 0 Å². The third kappa shape index (κ3) is 2.97. The first kappa shape index (κ1) is 12.8. The molecule has 1 aromatic heterocycles. The monoisotopic (exact) mass is 261 g/mol. The van der Waals surface area contributed by atoms with E-state index in [4.69, 9.17) is 5.11 Å². The molecule has 0 aliphatic rings. The molecule has 0 unspecified atom stereocenters. The summed E-state index contributed by atoms with van der Waals surface area (Å²) in [5, 5.41) is 14.5. The summed E-state index contributed by atoms with van der Waals surface area (Å²) in [5.74, 6) is -0.879. The van der Waals surface area contributed by atoms with Crippen molar-refractivity contribution in [3.8, 4) is 0 Å². The number of carboxylic acids is 1. The Morgan fingerprint density at radius 1 is 1.33 bits per heavy atom. The zero-order valence-corrected chi connectivity index (χ0v) is 10.9. The Labute approximate surface area is 110 Å². The molecule has 4 heteroatoms. The van der Waals surface area contributed by atoms with Crippen LogP contribution in [0.1, 0.15) is 33.8 Å². The molecule has 0 saturated heterocycles. The lowest BCUT2D eigenvalue weighted by molar-refractivity contribution is 0.0695. The maximum absolute atomic E-state index is 11.1. The Bertz CT molecular complexity index is 522. The number of carbonyl (C=O) groups is 1. The van der Waals surface area contributed by atoms with Gasteiger partial charge in [-0.3, -0.25) is 0 Å². The van der Waals surface area contributed by atoms with Gasteiger partial charge in [0.2, 0.25) is 0 Å². The van der Waals surface area contributed by atoms with Crippen molar-refractivity contribution in [2.24, 2.45) is 0 Å². The normalized spacial score (nSPS) is 12.3. The van der Waals surface area contributed by atoms with Gasteiger partial charge in [0, 0.05) is 17.5 Å². The number of hydrogen-bond acceptors (Lipinski definition) is 3. The minimum atomic E-state index is -0.879. The van der Waals surface area contributed by atoms with Crippen LogP contribution in [0.2, 0.25) is 0 Å². The minimum absolute atomic E-state index is 0.229. The maximum atomic E-state index is 11.1. The first-order chi connectivity index (χ1) is 8.68. The number of thiophene rings is 1. The molecule has 0 saturated carbocycles. The topological polar surface area (TPSA) is 49.3 Å². The summed E-state index contributed by atoms with van der Waals surface area (Å²) >= 11 is 1.70. The molecule has 1 heterocycles. The molecule has 0 spiro atoms. The number of aromatic carboxylic acids is 1. The van der Waals surface area contributed by atoms with Gasteiger partial charge in [0.1, 0.15) is 0 Å². The third-order valence-corrected chi connectivity index (χ3v) is 3.87. The SMILES string of the molecule is C[C@H](NCc1ccccc1C(=O)O)c1cccs1. The van der Waals surface area contributed by atoms with E-state index in [1.165, 1.54) is 4.88 Å². The van der Waals surface area contributed by atoms with Crippen molar-refractivity contribution in [1.29, 1.82) is 0 Å². The van der Waals surface area contributed by atoms with Crippen LogP contribution in [0.3, 0.4) is 0 Å². The van der Waals surface area contributed by atoms with E-state index < -0.39 is 5.97 Å². The summed E-state index contributed by atoms with van der Waals surface area (Å²) < 4.78 is 0. The Hall–Kier alpha value is -1.65. The van der Waals surface area contributed by atoms with Gasteiger partial charge in [0.25, 0.3) is 0 Å². The molecule has 0 aliphatic carbocycles. The van der Waals surface area contributed by atoms with Crippen LogP contribution in [0.25, 0.3) is 0 Å².